The standard InChI is InChI=1S/C19H18N2O5S/c1-25-14-8-10-19(18(11-14)26-2)27(23,24)21-20-12-16-15-6-4-3-5-13(15)7-9-17(16)22/h3-12,21-22H,1-2H3/b20-12+. The first-order valence-corrected chi connectivity index (χ1v) is 9.42. The van der Waals surface area contributed by atoms with Crippen LogP contribution in [-0.4, -0.2) is 34.0 Å². The molecule has 27 heavy (non-hydrogen) atoms. The van der Waals surface area contributed by atoms with Crippen molar-refractivity contribution in [2.45, 2.75) is 4.90 Å². The van der Waals surface area contributed by atoms with E-state index in [1.54, 1.807) is 6.07 Å². The molecule has 2 N–H and O–H groups in total. The molecule has 140 valence electrons. The third kappa shape index (κ3) is 3.80. The van der Waals surface area contributed by atoms with Crippen molar-refractivity contribution in [2.24, 2.45) is 5.10 Å². The highest BCUT2D eigenvalue weighted by Gasteiger charge is 2.19. The molecule has 0 unspecified atom stereocenters. The van der Waals surface area contributed by atoms with Crippen molar-refractivity contribution >= 4 is 27.0 Å². The summed E-state index contributed by atoms with van der Waals surface area (Å²) in [6.45, 7) is 0. The van der Waals surface area contributed by atoms with Gasteiger partial charge in [0.1, 0.15) is 22.1 Å². The maximum Gasteiger partial charge on any atom is 0.280 e. The van der Waals surface area contributed by atoms with E-state index >= 15 is 0 Å². The Labute approximate surface area is 156 Å². The van der Waals surface area contributed by atoms with Gasteiger partial charge in [0.25, 0.3) is 10.0 Å². The van der Waals surface area contributed by atoms with Gasteiger partial charge in [0.2, 0.25) is 0 Å². The Hall–Kier alpha value is -3.26. The second kappa shape index (κ2) is 7.55. The number of ether oxygens (including phenoxy) is 2. The van der Waals surface area contributed by atoms with E-state index in [0.717, 1.165) is 10.8 Å². The van der Waals surface area contributed by atoms with E-state index in [1.807, 2.05) is 24.3 Å². The number of nitrogens with one attached hydrogen (secondary N) is 1. The third-order valence-corrected chi connectivity index (χ3v) is 5.24. The van der Waals surface area contributed by atoms with Crippen LogP contribution in [0.1, 0.15) is 5.56 Å². The van der Waals surface area contributed by atoms with Crippen molar-refractivity contribution < 1.29 is 23.0 Å². The van der Waals surface area contributed by atoms with Crippen LogP contribution in [0.2, 0.25) is 0 Å². The van der Waals surface area contributed by atoms with E-state index in [4.69, 9.17) is 9.47 Å². The molecule has 0 aromatic heterocycles. The zero-order chi connectivity index (χ0) is 19.4. The van der Waals surface area contributed by atoms with Gasteiger partial charge in [-0.2, -0.15) is 18.4 Å². The Morgan fingerprint density at radius 3 is 2.56 bits per heavy atom. The van der Waals surface area contributed by atoms with Gasteiger partial charge in [-0.15, -0.1) is 0 Å². The largest absolute Gasteiger partial charge is 0.507 e. The van der Waals surface area contributed by atoms with Crippen molar-refractivity contribution in [1.82, 2.24) is 4.83 Å². The summed E-state index contributed by atoms with van der Waals surface area (Å²) in [7, 11) is -1.13. The second-order valence-electron chi connectivity index (χ2n) is 5.59. The Kier molecular flexibility index (Phi) is 5.18. The molecule has 0 fully saturated rings. The highest BCUT2D eigenvalue weighted by molar-refractivity contribution is 7.89. The lowest BCUT2D eigenvalue weighted by atomic mass is 10.0. The minimum absolute atomic E-state index is 0.00123. The average Bonchev–Trinajstić information content (AvgIpc) is 2.69. The molecule has 0 aliphatic carbocycles. The van der Waals surface area contributed by atoms with Crippen LogP contribution in [0.15, 0.2) is 64.6 Å². The molecule has 3 rings (SSSR count). The van der Waals surface area contributed by atoms with Crippen LogP contribution in [0, 0.1) is 0 Å². The van der Waals surface area contributed by atoms with Gasteiger partial charge in [0.15, 0.2) is 0 Å². The van der Waals surface area contributed by atoms with E-state index in [0.29, 0.717) is 11.3 Å². The predicted octanol–water partition coefficient (Wildman–Crippen LogP) is 2.88. The minimum Gasteiger partial charge on any atom is -0.507 e. The summed E-state index contributed by atoms with van der Waals surface area (Å²) in [5.41, 5.74) is 0.414. The number of phenols is 1. The summed E-state index contributed by atoms with van der Waals surface area (Å²) in [4.78, 5) is 2.06. The SMILES string of the molecule is COc1ccc(S(=O)(=O)N/N=C/c2c(O)ccc3ccccc23)c(OC)c1. The summed E-state index contributed by atoms with van der Waals surface area (Å²) >= 11 is 0. The van der Waals surface area contributed by atoms with Gasteiger partial charge in [0, 0.05) is 11.6 Å². The van der Waals surface area contributed by atoms with Gasteiger partial charge in [-0.05, 0) is 29.0 Å². The zero-order valence-corrected chi connectivity index (χ0v) is 15.5. The molecule has 0 radical (unpaired) electrons. The van der Waals surface area contributed by atoms with E-state index in [9.17, 15) is 13.5 Å². The Bertz CT molecular complexity index is 1110. The first-order chi connectivity index (χ1) is 13.0. The molecular weight excluding hydrogens is 368 g/mol. The molecule has 0 saturated heterocycles. The number of methoxy groups -OCH3 is 2. The molecular formula is C19H18N2O5S. The van der Waals surface area contributed by atoms with E-state index < -0.39 is 10.0 Å². The van der Waals surface area contributed by atoms with Crippen molar-refractivity contribution in [2.75, 3.05) is 14.2 Å². The molecule has 0 aliphatic rings. The van der Waals surface area contributed by atoms with E-state index in [2.05, 4.69) is 9.93 Å². The first kappa shape index (κ1) is 18.5. The number of sulfonamides is 1. The first-order valence-electron chi connectivity index (χ1n) is 7.94. The summed E-state index contributed by atoms with van der Waals surface area (Å²) in [6.07, 6.45) is 1.27. The number of aromatic hydroxyl groups is 1. The van der Waals surface area contributed by atoms with Gasteiger partial charge >= 0.3 is 0 Å². The molecule has 0 aliphatic heterocycles. The molecule has 0 bridgehead atoms. The number of phenolic OH excluding ortho intramolecular Hbond substituents is 1. The van der Waals surface area contributed by atoms with Crippen LogP contribution in [-0.2, 0) is 10.0 Å². The summed E-state index contributed by atoms with van der Waals surface area (Å²) in [6, 6.07) is 15.1. The lowest BCUT2D eigenvalue weighted by Gasteiger charge is -2.10. The fourth-order valence-electron chi connectivity index (χ4n) is 2.63. The van der Waals surface area contributed by atoms with Crippen LogP contribution >= 0.6 is 0 Å². The lowest BCUT2D eigenvalue weighted by Crippen LogP contribution is -2.19. The Morgan fingerprint density at radius 1 is 1.04 bits per heavy atom. The second-order valence-corrected chi connectivity index (χ2v) is 7.22. The molecule has 7 nitrogen and oxygen atoms in total. The van der Waals surface area contributed by atoms with Crippen LogP contribution < -0.4 is 14.3 Å². The number of hydrazone groups is 1. The Balaban J connectivity index is 1.92. The van der Waals surface area contributed by atoms with Crippen molar-refractivity contribution in [3.63, 3.8) is 0 Å². The molecule has 0 amide bonds. The number of fused-ring (bicyclic) bond motifs is 1. The predicted molar refractivity (Wildman–Crippen MR) is 103 cm³/mol. The van der Waals surface area contributed by atoms with Gasteiger partial charge in [-0.3, -0.25) is 0 Å². The molecule has 3 aromatic carbocycles. The number of hydrogen-bond acceptors (Lipinski definition) is 6. The number of rotatable bonds is 6. The topological polar surface area (TPSA) is 97.2 Å². The van der Waals surface area contributed by atoms with Gasteiger partial charge in [0.05, 0.1) is 20.4 Å². The maximum absolute atomic E-state index is 12.5. The fraction of sp³-hybridized carbons (Fsp3) is 0.105. The number of nitrogens with zero attached hydrogens (tertiary/aromatic N) is 1. The maximum atomic E-state index is 12.5. The molecule has 8 heteroatoms. The van der Waals surface area contributed by atoms with Crippen molar-refractivity contribution in [1.29, 1.82) is 0 Å². The van der Waals surface area contributed by atoms with Crippen LogP contribution in [0.4, 0.5) is 0 Å². The highest BCUT2D eigenvalue weighted by atomic mass is 32.2. The Morgan fingerprint density at radius 2 is 1.81 bits per heavy atom. The third-order valence-electron chi connectivity index (χ3n) is 3.97. The van der Waals surface area contributed by atoms with Crippen LogP contribution in [0.25, 0.3) is 10.8 Å². The highest BCUT2D eigenvalue weighted by Crippen LogP contribution is 2.28. The normalized spacial score (nSPS) is 11.6. The van der Waals surface area contributed by atoms with Crippen LogP contribution in [0.3, 0.4) is 0 Å². The quantitative estimate of drug-likeness (QED) is 0.502. The number of hydrogen-bond donors (Lipinski definition) is 2. The average molecular weight is 386 g/mol. The lowest BCUT2D eigenvalue weighted by molar-refractivity contribution is 0.386. The summed E-state index contributed by atoms with van der Waals surface area (Å²) in [5, 5.41) is 15.6. The summed E-state index contributed by atoms with van der Waals surface area (Å²) in [5.74, 6) is 0.596. The molecule has 0 saturated carbocycles. The van der Waals surface area contributed by atoms with E-state index in [1.165, 1.54) is 44.7 Å². The smallest absolute Gasteiger partial charge is 0.280 e. The van der Waals surface area contributed by atoms with Gasteiger partial charge < -0.3 is 14.6 Å². The monoisotopic (exact) mass is 386 g/mol. The fourth-order valence-corrected chi connectivity index (χ4v) is 3.57. The molecule has 0 heterocycles. The van der Waals surface area contributed by atoms with Gasteiger partial charge in [-0.1, -0.05) is 30.3 Å². The summed E-state index contributed by atoms with van der Waals surface area (Å²) < 4.78 is 35.3. The van der Waals surface area contributed by atoms with E-state index in [-0.39, 0.29) is 16.4 Å². The number of benzene rings is 3. The van der Waals surface area contributed by atoms with Gasteiger partial charge in [-0.25, -0.2) is 0 Å². The molecule has 0 spiro atoms. The zero-order valence-electron chi connectivity index (χ0n) is 14.7. The molecule has 0 atom stereocenters. The van der Waals surface area contributed by atoms with Crippen molar-refractivity contribution in [3.05, 3.63) is 60.2 Å². The minimum atomic E-state index is -3.97. The molecule has 3 aromatic rings. The van der Waals surface area contributed by atoms with Crippen molar-refractivity contribution in [3.8, 4) is 17.2 Å². The van der Waals surface area contributed by atoms with Crippen LogP contribution in [0.5, 0.6) is 17.2 Å².